The van der Waals surface area contributed by atoms with Crippen LogP contribution in [0.15, 0.2) is 54.6 Å². The first-order valence-electron chi connectivity index (χ1n) is 9.10. The minimum atomic E-state index is -0.757. The molecule has 1 aliphatic rings. The van der Waals surface area contributed by atoms with Crippen molar-refractivity contribution in [3.63, 3.8) is 0 Å². The Labute approximate surface area is 167 Å². The van der Waals surface area contributed by atoms with Crippen molar-refractivity contribution in [2.75, 3.05) is 13.2 Å². The number of ether oxygens (including phenoxy) is 2. The molecule has 1 aliphatic carbocycles. The van der Waals surface area contributed by atoms with Gasteiger partial charge in [0.15, 0.2) is 19.0 Å². The normalized spacial score (nSPS) is 12.6. The molecule has 8 nitrogen and oxygen atoms in total. The van der Waals surface area contributed by atoms with Gasteiger partial charge < -0.3 is 14.8 Å². The number of nitrogens with one attached hydrogen (secondary N) is 2. The number of benzene rings is 2. The highest BCUT2D eigenvalue weighted by Gasteiger charge is 2.24. The fraction of sp³-hybridized carbons (Fsp3) is 0.238. The van der Waals surface area contributed by atoms with E-state index in [9.17, 15) is 19.2 Å². The molecule has 3 amide bonds. The third-order valence-corrected chi connectivity index (χ3v) is 4.04. The van der Waals surface area contributed by atoms with Crippen LogP contribution in [0.4, 0.5) is 4.79 Å². The van der Waals surface area contributed by atoms with Crippen LogP contribution in [0.1, 0.15) is 28.8 Å². The Morgan fingerprint density at radius 2 is 1.52 bits per heavy atom. The topological polar surface area (TPSA) is 111 Å². The molecule has 0 radical (unpaired) electrons. The lowest BCUT2D eigenvalue weighted by Gasteiger charge is -2.08. The summed E-state index contributed by atoms with van der Waals surface area (Å²) in [6.45, 7) is -0.988. The quantitative estimate of drug-likeness (QED) is 0.520. The monoisotopic (exact) mass is 396 g/mol. The third-order valence-electron chi connectivity index (χ3n) is 4.04. The van der Waals surface area contributed by atoms with Gasteiger partial charge in [0.25, 0.3) is 5.91 Å². The Morgan fingerprint density at radius 1 is 0.862 bits per heavy atom. The van der Waals surface area contributed by atoms with Crippen LogP contribution in [0, 0.1) is 0 Å². The molecule has 2 aromatic rings. The average Bonchev–Trinajstić information content (AvgIpc) is 3.55. The summed E-state index contributed by atoms with van der Waals surface area (Å²) in [6, 6.07) is 14.7. The zero-order chi connectivity index (χ0) is 20.6. The van der Waals surface area contributed by atoms with Crippen LogP contribution in [0.2, 0.25) is 0 Å². The van der Waals surface area contributed by atoms with Gasteiger partial charge in [-0.1, -0.05) is 30.3 Å². The van der Waals surface area contributed by atoms with Crippen LogP contribution in [0.5, 0.6) is 5.75 Å². The maximum absolute atomic E-state index is 12.3. The van der Waals surface area contributed by atoms with E-state index in [0.29, 0.717) is 16.9 Å². The summed E-state index contributed by atoms with van der Waals surface area (Å²) in [5.41, 5.74) is 1.07. The molecule has 0 heterocycles. The molecular weight excluding hydrogens is 376 g/mol. The fourth-order valence-corrected chi connectivity index (χ4v) is 2.40. The summed E-state index contributed by atoms with van der Waals surface area (Å²) in [4.78, 5) is 46.9. The second-order valence-electron chi connectivity index (χ2n) is 6.46. The van der Waals surface area contributed by atoms with Crippen molar-refractivity contribution >= 4 is 23.7 Å². The second-order valence-corrected chi connectivity index (χ2v) is 6.46. The van der Waals surface area contributed by atoms with Crippen LogP contribution >= 0.6 is 0 Å². The van der Waals surface area contributed by atoms with Gasteiger partial charge in [-0.15, -0.1) is 0 Å². The lowest BCUT2D eigenvalue weighted by Crippen LogP contribution is -2.42. The Kier molecular flexibility index (Phi) is 6.57. The van der Waals surface area contributed by atoms with Gasteiger partial charge in [0.05, 0.1) is 0 Å². The molecule has 0 unspecified atom stereocenters. The van der Waals surface area contributed by atoms with Crippen LogP contribution in [0.25, 0.3) is 0 Å². The molecule has 3 rings (SSSR count). The predicted octanol–water partition coefficient (Wildman–Crippen LogP) is 1.83. The molecule has 0 saturated heterocycles. The molecule has 29 heavy (non-hydrogen) atoms. The fourth-order valence-electron chi connectivity index (χ4n) is 2.40. The summed E-state index contributed by atoms with van der Waals surface area (Å²) in [5.74, 6) is -1.22. The number of carbonyl (C=O) groups excluding carboxylic acids is 4. The first kappa shape index (κ1) is 20.1. The molecule has 0 aliphatic heterocycles. The van der Waals surface area contributed by atoms with Crippen molar-refractivity contribution in [1.82, 2.24) is 10.6 Å². The first-order chi connectivity index (χ1) is 14.0. The summed E-state index contributed by atoms with van der Waals surface area (Å²) >= 11 is 0. The third kappa shape index (κ3) is 6.46. The number of rotatable bonds is 8. The van der Waals surface area contributed by atoms with Crippen LogP contribution in [0.3, 0.4) is 0 Å². The number of carbonyl (C=O) groups is 4. The zero-order valence-electron chi connectivity index (χ0n) is 15.6. The summed E-state index contributed by atoms with van der Waals surface area (Å²) in [5, 5.41) is 4.65. The number of urea groups is 1. The van der Waals surface area contributed by atoms with Gasteiger partial charge in [-0.05, 0) is 37.1 Å². The number of esters is 1. The van der Waals surface area contributed by atoms with Crippen LogP contribution in [-0.4, -0.2) is 42.9 Å². The predicted molar refractivity (Wildman–Crippen MR) is 102 cm³/mol. The van der Waals surface area contributed by atoms with Gasteiger partial charge in [0.2, 0.25) is 0 Å². The summed E-state index contributed by atoms with van der Waals surface area (Å²) < 4.78 is 10.0. The Hall–Kier alpha value is -3.68. The summed E-state index contributed by atoms with van der Waals surface area (Å²) in [6.07, 6.45) is 1.80. The molecule has 0 aromatic heterocycles. The molecule has 2 N–H and O–H groups in total. The van der Waals surface area contributed by atoms with Crippen molar-refractivity contribution in [3.05, 3.63) is 65.7 Å². The average molecular weight is 396 g/mol. The van der Waals surface area contributed by atoms with Crippen LogP contribution in [-0.2, 0) is 14.3 Å². The summed E-state index contributed by atoms with van der Waals surface area (Å²) in [7, 11) is 0. The van der Waals surface area contributed by atoms with Gasteiger partial charge in [-0.3, -0.25) is 14.9 Å². The van der Waals surface area contributed by atoms with E-state index in [1.165, 1.54) is 0 Å². The SMILES string of the molecule is O=C(COC(=O)COc1ccc(C(=O)c2ccccc2)cc1)NC(=O)NC1CC1. The van der Waals surface area contributed by atoms with Gasteiger partial charge in [0, 0.05) is 17.2 Å². The maximum atomic E-state index is 12.3. The van der Waals surface area contributed by atoms with Gasteiger partial charge in [0.1, 0.15) is 5.75 Å². The van der Waals surface area contributed by atoms with Crippen molar-refractivity contribution in [1.29, 1.82) is 0 Å². The Bertz CT molecular complexity index is 891. The minimum Gasteiger partial charge on any atom is -0.482 e. The molecule has 0 spiro atoms. The van der Waals surface area contributed by atoms with Gasteiger partial charge >= 0.3 is 12.0 Å². The Balaban J connectivity index is 1.39. The van der Waals surface area contributed by atoms with E-state index < -0.39 is 31.1 Å². The van der Waals surface area contributed by atoms with Gasteiger partial charge in [-0.25, -0.2) is 9.59 Å². The molecule has 2 aromatic carbocycles. The van der Waals surface area contributed by atoms with E-state index in [1.54, 1.807) is 48.5 Å². The number of hydrogen-bond donors (Lipinski definition) is 2. The van der Waals surface area contributed by atoms with E-state index in [-0.39, 0.29) is 11.8 Å². The first-order valence-corrected chi connectivity index (χ1v) is 9.10. The standard InChI is InChI=1S/C21H20N2O6/c24-18(23-21(27)22-16-8-9-16)12-29-19(25)13-28-17-10-6-15(7-11-17)20(26)14-4-2-1-3-5-14/h1-7,10-11,16H,8-9,12-13H2,(H2,22,23,24,27). The Morgan fingerprint density at radius 3 is 2.17 bits per heavy atom. The molecular formula is C21H20N2O6. The number of amides is 3. The molecule has 1 saturated carbocycles. The van der Waals surface area contributed by atoms with Crippen molar-refractivity contribution in [2.45, 2.75) is 18.9 Å². The molecule has 0 bridgehead atoms. The largest absolute Gasteiger partial charge is 0.482 e. The molecule has 0 atom stereocenters. The zero-order valence-corrected chi connectivity index (χ0v) is 15.6. The van der Waals surface area contributed by atoms with Crippen molar-refractivity contribution in [2.24, 2.45) is 0 Å². The van der Waals surface area contributed by atoms with E-state index in [0.717, 1.165) is 12.8 Å². The van der Waals surface area contributed by atoms with E-state index in [4.69, 9.17) is 9.47 Å². The highest BCUT2D eigenvalue weighted by Crippen LogP contribution is 2.18. The molecule has 150 valence electrons. The minimum absolute atomic E-state index is 0.117. The van der Waals surface area contributed by atoms with Gasteiger partial charge in [-0.2, -0.15) is 0 Å². The van der Waals surface area contributed by atoms with E-state index >= 15 is 0 Å². The van der Waals surface area contributed by atoms with Crippen LogP contribution < -0.4 is 15.4 Å². The second kappa shape index (κ2) is 9.50. The lowest BCUT2D eigenvalue weighted by atomic mass is 10.0. The number of hydrogen-bond acceptors (Lipinski definition) is 6. The number of ketones is 1. The number of imide groups is 1. The van der Waals surface area contributed by atoms with Crippen molar-refractivity contribution < 1.29 is 28.7 Å². The molecule has 1 fully saturated rings. The van der Waals surface area contributed by atoms with E-state index in [2.05, 4.69) is 10.6 Å². The smallest absolute Gasteiger partial charge is 0.344 e. The maximum Gasteiger partial charge on any atom is 0.344 e. The molecule has 8 heteroatoms. The highest BCUT2D eigenvalue weighted by molar-refractivity contribution is 6.09. The van der Waals surface area contributed by atoms with E-state index in [1.807, 2.05) is 6.07 Å². The highest BCUT2D eigenvalue weighted by atomic mass is 16.6. The lowest BCUT2D eigenvalue weighted by molar-refractivity contribution is -0.150. The van der Waals surface area contributed by atoms with Crippen molar-refractivity contribution in [3.8, 4) is 5.75 Å².